The fourth-order valence-electron chi connectivity index (χ4n) is 2.64. The van der Waals surface area contributed by atoms with Gasteiger partial charge in [-0.2, -0.15) is 13.2 Å². The molecule has 1 unspecified atom stereocenters. The van der Waals surface area contributed by atoms with E-state index < -0.39 is 22.9 Å². The van der Waals surface area contributed by atoms with Crippen LogP contribution in [0.15, 0.2) is 36.0 Å². The summed E-state index contributed by atoms with van der Waals surface area (Å²) in [6, 6.07) is 3.23. The molecule has 1 amide bonds. The molecule has 10 heteroatoms. The Morgan fingerprint density at radius 2 is 2.18 bits per heavy atom. The smallest absolute Gasteiger partial charge is 0.325 e. The van der Waals surface area contributed by atoms with E-state index in [1.807, 2.05) is 4.57 Å². The van der Waals surface area contributed by atoms with Gasteiger partial charge in [-0.05, 0) is 38.0 Å². The number of nitrogens with one attached hydrogen (secondary N) is 1. The molecule has 2 aromatic rings. The highest BCUT2D eigenvalue weighted by atomic mass is 35.5. The van der Waals surface area contributed by atoms with Gasteiger partial charge in [-0.1, -0.05) is 29.4 Å². The zero-order chi connectivity index (χ0) is 20.5. The molecule has 3 rings (SSSR count). The first-order valence-corrected chi connectivity index (χ1v) is 9.84. The molecule has 1 fully saturated rings. The zero-order valence-corrected chi connectivity index (χ0v) is 16.5. The second kappa shape index (κ2) is 8.16. The maximum Gasteiger partial charge on any atom is 0.418 e. The molecule has 0 bridgehead atoms. The van der Waals surface area contributed by atoms with E-state index in [-0.39, 0.29) is 10.7 Å². The number of hydrogen-bond donors (Lipinski definition) is 1. The largest absolute Gasteiger partial charge is 0.418 e. The number of amides is 1. The van der Waals surface area contributed by atoms with Crippen LogP contribution in [-0.2, 0) is 17.5 Å². The Bertz CT molecular complexity index is 895. The summed E-state index contributed by atoms with van der Waals surface area (Å²) in [7, 11) is 0. The molecule has 1 aromatic heterocycles. The lowest BCUT2D eigenvalue weighted by Gasteiger charge is -2.16. The Balaban J connectivity index is 1.75. The number of rotatable bonds is 7. The van der Waals surface area contributed by atoms with Gasteiger partial charge in [0.25, 0.3) is 0 Å². The van der Waals surface area contributed by atoms with Crippen LogP contribution in [0.3, 0.4) is 0 Å². The molecule has 1 aromatic carbocycles. The van der Waals surface area contributed by atoms with Gasteiger partial charge >= 0.3 is 6.18 Å². The number of carbonyl (C=O) groups is 1. The summed E-state index contributed by atoms with van der Waals surface area (Å²) < 4.78 is 41.5. The van der Waals surface area contributed by atoms with Crippen molar-refractivity contribution in [3.8, 4) is 0 Å². The van der Waals surface area contributed by atoms with Gasteiger partial charge in [0.15, 0.2) is 5.16 Å². The molecule has 1 heterocycles. The van der Waals surface area contributed by atoms with Crippen molar-refractivity contribution >= 4 is 35.0 Å². The van der Waals surface area contributed by atoms with E-state index >= 15 is 0 Å². The van der Waals surface area contributed by atoms with Crippen molar-refractivity contribution in [2.45, 2.75) is 48.8 Å². The second-order valence-electron chi connectivity index (χ2n) is 6.45. The van der Waals surface area contributed by atoms with Crippen LogP contribution < -0.4 is 5.32 Å². The van der Waals surface area contributed by atoms with Crippen LogP contribution >= 0.6 is 23.4 Å². The first-order chi connectivity index (χ1) is 13.2. The van der Waals surface area contributed by atoms with E-state index in [9.17, 15) is 18.0 Å². The Morgan fingerprint density at radius 3 is 2.79 bits per heavy atom. The molecule has 1 N–H and O–H groups in total. The number of nitrogens with zero attached hydrogens (tertiary/aromatic N) is 3. The van der Waals surface area contributed by atoms with E-state index in [1.165, 1.54) is 6.07 Å². The van der Waals surface area contributed by atoms with Gasteiger partial charge in [0.2, 0.25) is 5.91 Å². The zero-order valence-electron chi connectivity index (χ0n) is 15.0. The lowest BCUT2D eigenvalue weighted by Crippen LogP contribution is -2.24. The van der Waals surface area contributed by atoms with Gasteiger partial charge < -0.3 is 9.88 Å². The maximum atomic E-state index is 13.2. The van der Waals surface area contributed by atoms with E-state index in [4.69, 9.17) is 11.6 Å². The summed E-state index contributed by atoms with van der Waals surface area (Å²) in [5.74, 6) is 0.653. The second-order valence-corrected chi connectivity index (χ2v) is 8.20. The lowest BCUT2D eigenvalue weighted by atomic mass is 10.1. The van der Waals surface area contributed by atoms with E-state index in [1.54, 1.807) is 13.0 Å². The molecule has 150 valence electrons. The van der Waals surface area contributed by atoms with Gasteiger partial charge in [-0.25, -0.2) is 0 Å². The van der Waals surface area contributed by atoms with E-state index in [0.29, 0.717) is 17.6 Å². The Kier molecular flexibility index (Phi) is 6.04. The van der Waals surface area contributed by atoms with Crippen molar-refractivity contribution in [2.75, 3.05) is 5.32 Å². The van der Waals surface area contributed by atoms with Crippen LogP contribution in [0.2, 0.25) is 5.02 Å². The van der Waals surface area contributed by atoms with Crippen LogP contribution in [0.4, 0.5) is 18.9 Å². The summed E-state index contributed by atoms with van der Waals surface area (Å²) >= 11 is 6.81. The highest BCUT2D eigenvalue weighted by Gasteiger charge is 2.35. The van der Waals surface area contributed by atoms with E-state index in [0.717, 1.165) is 42.6 Å². The minimum Gasteiger partial charge on any atom is -0.325 e. The normalized spacial score (nSPS) is 15.3. The molecule has 28 heavy (non-hydrogen) atoms. The van der Waals surface area contributed by atoms with Gasteiger partial charge in [0.1, 0.15) is 5.82 Å². The number of benzene rings is 1. The number of alkyl halides is 3. The van der Waals surface area contributed by atoms with Crippen molar-refractivity contribution in [2.24, 2.45) is 0 Å². The molecule has 0 aliphatic heterocycles. The fourth-order valence-corrected chi connectivity index (χ4v) is 3.68. The van der Waals surface area contributed by atoms with Crippen molar-refractivity contribution in [1.82, 2.24) is 14.8 Å². The number of carbonyl (C=O) groups excluding carboxylic acids is 1. The first-order valence-electron chi connectivity index (χ1n) is 8.59. The van der Waals surface area contributed by atoms with Crippen LogP contribution in [0.25, 0.3) is 0 Å². The molecule has 5 nitrogen and oxygen atoms in total. The van der Waals surface area contributed by atoms with E-state index in [2.05, 4.69) is 22.1 Å². The minimum absolute atomic E-state index is 0.0575. The van der Waals surface area contributed by atoms with Gasteiger partial charge in [0, 0.05) is 17.5 Å². The SMILES string of the molecule is C=CCn1c(SC(C)C(=O)Nc2ccc(Cl)cc2C(F)(F)F)nnc1C1CC1. The molecule has 1 saturated carbocycles. The molecule has 1 aliphatic carbocycles. The molecule has 1 atom stereocenters. The van der Waals surface area contributed by atoms with Crippen molar-refractivity contribution < 1.29 is 18.0 Å². The topological polar surface area (TPSA) is 59.8 Å². The number of aromatic nitrogens is 3. The summed E-state index contributed by atoms with van der Waals surface area (Å²) in [5.41, 5.74) is -1.32. The monoisotopic (exact) mass is 430 g/mol. The highest BCUT2D eigenvalue weighted by molar-refractivity contribution is 8.00. The van der Waals surface area contributed by atoms with Gasteiger partial charge in [0.05, 0.1) is 16.5 Å². The number of halogens is 4. The average molecular weight is 431 g/mol. The molecular weight excluding hydrogens is 413 g/mol. The highest BCUT2D eigenvalue weighted by Crippen LogP contribution is 2.40. The number of thioether (sulfide) groups is 1. The summed E-state index contributed by atoms with van der Waals surface area (Å²) in [4.78, 5) is 12.5. The number of anilines is 1. The minimum atomic E-state index is -4.63. The molecule has 0 saturated heterocycles. The number of hydrogen-bond acceptors (Lipinski definition) is 4. The number of allylic oxidation sites excluding steroid dienone is 1. The Labute approximate surface area is 169 Å². The van der Waals surface area contributed by atoms with Crippen LogP contribution in [0.1, 0.15) is 37.1 Å². The van der Waals surface area contributed by atoms with Crippen LogP contribution in [0.5, 0.6) is 0 Å². The van der Waals surface area contributed by atoms with Gasteiger partial charge in [-0.3, -0.25) is 4.79 Å². The lowest BCUT2D eigenvalue weighted by molar-refractivity contribution is -0.137. The van der Waals surface area contributed by atoms with Crippen LogP contribution in [0, 0.1) is 0 Å². The van der Waals surface area contributed by atoms with Crippen molar-refractivity contribution in [1.29, 1.82) is 0 Å². The van der Waals surface area contributed by atoms with Crippen molar-refractivity contribution in [3.63, 3.8) is 0 Å². The van der Waals surface area contributed by atoms with Crippen LogP contribution in [-0.4, -0.2) is 25.9 Å². The maximum absolute atomic E-state index is 13.2. The third kappa shape index (κ3) is 4.70. The fraction of sp³-hybridized carbons (Fsp3) is 0.389. The predicted octanol–water partition coefficient (Wildman–Crippen LogP) is 5.13. The third-order valence-electron chi connectivity index (χ3n) is 4.20. The molecular formula is C18H18ClF3N4OS. The third-order valence-corrected chi connectivity index (χ3v) is 5.51. The summed E-state index contributed by atoms with van der Waals surface area (Å²) in [6.07, 6.45) is -0.819. The molecule has 1 aliphatic rings. The molecule has 0 spiro atoms. The Hall–Kier alpha value is -2.00. The molecule has 0 radical (unpaired) electrons. The summed E-state index contributed by atoms with van der Waals surface area (Å²) in [5, 5.41) is 10.5. The first kappa shape index (κ1) is 20.7. The summed E-state index contributed by atoms with van der Waals surface area (Å²) in [6.45, 7) is 5.83. The standard InChI is InChI=1S/C18H18ClF3N4OS/c1-3-8-26-15(11-4-5-11)24-25-17(26)28-10(2)16(27)23-14-7-6-12(19)9-13(14)18(20,21)22/h3,6-7,9-11H,1,4-5,8H2,2H3,(H,23,27). The predicted molar refractivity (Wildman–Crippen MR) is 103 cm³/mol. The van der Waals surface area contributed by atoms with Gasteiger partial charge in [-0.15, -0.1) is 16.8 Å². The quantitative estimate of drug-likeness (QED) is 0.488. The Morgan fingerprint density at radius 1 is 1.46 bits per heavy atom. The average Bonchev–Trinajstić information content (AvgIpc) is 3.39. The van der Waals surface area contributed by atoms with Crippen molar-refractivity contribution in [3.05, 3.63) is 47.3 Å².